The predicted molar refractivity (Wildman–Crippen MR) is 66.9 cm³/mol. The molecule has 1 aliphatic rings. The van der Waals surface area contributed by atoms with E-state index in [2.05, 4.69) is 42.0 Å². The van der Waals surface area contributed by atoms with Crippen molar-refractivity contribution in [2.75, 3.05) is 13.6 Å². The molecule has 0 saturated heterocycles. The van der Waals surface area contributed by atoms with Gasteiger partial charge in [-0.2, -0.15) is 0 Å². The lowest BCUT2D eigenvalue weighted by Crippen LogP contribution is -2.19. The second-order valence-electron chi connectivity index (χ2n) is 4.35. The lowest BCUT2D eigenvalue weighted by molar-refractivity contribution is 0.316. The zero-order valence-electron chi connectivity index (χ0n) is 9.74. The van der Waals surface area contributed by atoms with Crippen LogP contribution in [0.5, 0.6) is 0 Å². The van der Waals surface area contributed by atoms with Gasteiger partial charge in [-0.1, -0.05) is 24.0 Å². The van der Waals surface area contributed by atoms with Gasteiger partial charge in [0.15, 0.2) is 0 Å². The minimum absolute atomic E-state index is 0.423. The smallest absolute Gasteiger partial charge is 0.0555 e. The van der Waals surface area contributed by atoms with Crippen molar-refractivity contribution in [1.82, 2.24) is 4.90 Å². The van der Waals surface area contributed by atoms with E-state index in [0.29, 0.717) is 6.54 Å². The third-order valence-corrected chi connectivity index (χ3v) is 2.86. The highest BCUT2D eigenvalue weighted by Gasteiger charge is 2.25. The Morgan fingerprint density at radius 3 is 2.94 bits per heavy atom. The summed E-state index contributed by atoms with van der Waals surface area (Å²) < 4.78 is 0. The van der Waals surface area contributed by atoms with E-state index in [-0.39, 0.29) is 0 Å². The summed E-state index contributed by atoms with van der Waals surface area (Å²) in [7, 11) is 2.19. The molecule has 2 N–H and O–H groups in total. The third kappa shape index (κ3) is 3.10. The summed E-state index contributed by atoms with van der Waals surface area (Å²) in [5, 5.41) is 0. The molecule has 0 atom stereocenters. The summed E-state index contributed by atoms with van der Waals surface area (Å²) in [5.74, 6) is 5.95. The largest absolute Gasteiger partial charge is 0.320 e. The van der Waals surface area contributed by atoms with Crippen LogP contribution in [0.25, 0.3) is 0 Å². The number of nitrogens with zero attached hydrogens (tertiary/aromatic N) is 1. The van der Waals surface area contributed by atoms with Crippen LogP contribution >= 0.6 is 0 Å². The Kier molecular flexibility index (Phi) is 3.61. The first kappa shape index (κ1) is 11.2. The van der Waals surface area contributed by atoms with Gasteiger partial charge < -0.3 is 5.73 Å². The van der Waals surface area contributed by atoms with Gasteiger partial charge in [0.2, 0.25) is 0 Å². The average Bonchev–Trinajstić information content (AvgIpc) is 3.10. The van der Waals surface area contributed by atoms with E-state index in [9.17, 15) is 0 Å². The Labute approximate surface area is 97.4 Å². The molecule has 2 rings (SSSR count). The number of nitrogens with two attached hydrogens (primary N) is 1. The molecule has 84 valence electrons. The molecule has 1 aromatic carbocycles. The molecule has 0 bridgehead atoms. The van der Waals surface area contributed by atoms with Crippen LogP contribution in [-0.4, -0.2) is 24.5 Å². The zero-order chi connectivity index (χ0) is 11.4. The Hall–Kier alpha value is -1.30. The quantitative estimate of drug-likeness (QED) is 0.774. The molecule has 2 nitrogen and oxygen atoms in total. The van der Waals surface area contributed by atoms with Gasteiger partial charge in [-0.3, -0.25) is 4.90 Å². The molecule has 0 spiro atoms. The van der Waals surface area contributed by atoms with Crippen LogP contribution in [0.15, 0.2) is 24.3 Å². The molecular weight excluding hydrogens is 196 g/mol. The maximum atomic E-state index is 5.36. The van der Waals surface area contributed by atoms with Crippen molar-refractivity contribution < 1.29 is 0 Å². The van der Waals surface area contributed by atoms with Crippen molar-refractivity contribution in [3.05, 3.63) is 35.4 Å². The highest BCUT2D eigenvalue weighted by atomic mass is 15.1. The van der Waals surface area contributed by atoms with Crippen molar-refractivity contribution >= 4 is 0 Å². The standard InChI is InChI=1S/C14H18N2/c1-16(14-7-8-14)11-13-5-2-4-12(10-13)6-3-9-15/h2,4-5,10,14H,7-9,11,15H2,1H3. The van der Waals surface area contributed by atoms with Gasteiger partial charge in [0.05, 0.1) is 6.54 Å². The number of hydrogen-bond donors (Lipinski definition) is 1. The first-order chi connectivity index (χ1) is 7.79. The Morgan fingerprint density at radius 1 is 1.44 bits per heavy atom. The lowest BCUT2D eigenvalue weighted by Gasteiger charge is -2.15. The highest BCUT2D eigenvalue weighted by Crippen LogP contribution is 2.26. The van der Waals surface area contributed by atoms with E-state index in [4.69, 9.17) is 5.73 Å². The van der Waals surface area contributed by atoms with E-state index in [1.807, 2.05) is 6.07 Å². The van der Waals surface area contributed by atoms with Gasteiger partial charge in [0, 0.05) is 18.2 Å². The van der Waals surface area contributed by atoms with E-state index in [1.165, 1.54) is 18.4 Å². The molecule has 2 heteroatoms. The van der Waals surface area contributed by atoms with Gasteiger partial charge in [0.25, 0.3) is 0 Å². The minimum Gasteiger partial charge on any atom is -0.320 e. The van der Waals surface area contributed by atoms with Crippen LogP contribution in [0.4, 0.5) is 0 Å². The fraction of sp³-hybridized carbons (Fsp3) is 0.429. The molecule has 1 fully saturated rings. The van der Waals surface area contributed by atoms with Crippen LogP contribution in [0.2, 0.25) is 0 Å². The molecular formula is C14H18N2. The maximum absolute atomic E-state index is 5.36. The van der Waals surface area contributed by atoms with Crippen LogP contribution in [0.3, 0.4) is 0 Å². The van der Waals surface area contributed by atoms with Gasteiger partial charge in [-0.25, -0.2) is 0 Å². The summed E-state index contributed by atoms with van der Waals surface area (Å²) in [6.45, 7) is 1.44. The van der Waals surface area contributed by atoms with Gasteiger partial charge >= 0.3 is 0 Å². The second-order valence-corrected chi connectivity index (χ2v) is 4.35. The number of rotatable bonds is 3. The van der Waals surface area contributed by atoms with Crippen LogP contribution in [0, 0.1) is 11.8 Å². The van der Waals surface area contributed by atoms with Gasteiger partial charge in [-0.05, 0) is 37.6 Å². The Bertz CT molecular complexity index is 410. The topological polar surface area (TPSA) is 29.3 Å². The molecule has 0 heterocycles. The first-order valence-electron chi connectivity index (χ1n) is 5.77. The Morgan fingerprint density at radius 2 is 2.25 bits per heavy atom. The molecule has 0 radical (unpaired) electrons. The molecule has 1 aliphatic carbocycles. The molecule has 0 amide bonds. The van der Waals surface area contributed by atoms with Crippen molar-refractivity contribution in [1.29, 1.82) is 0 Å². The lowest BCUT2D eigenvalue weighted by atomic mass is 10.1. The maximum Gasteiger partial charge on any atom is 0.0555 e. The van der Waals surface area contributed by atoms with Crippen molar-refractivity contribution in [2.24, 2.45) is 5.73 Å². The normalized spacial score (nSPS) is 14.7. The molecule has 0 aromatic heterocycles. The fourth-order valence-corrected chi connectivity index (χ4v) is 1.83. The fourth-order valence-electron chi connectivity index (χ4n) is 1.83. The average molecular weight is 214 g/mol. The van der Waals surface area contributed by atoms with E-state index >= 15 is 0 Å². The summed E-state index contributed by atoms with van der Waals surface area (Å²) in [6, 6.07) is 9.22. The van der Waals surface area contributed by atoms with Gasteiger partial charge in [-0.15, -0.1) is 0 Å². The molecule has 0 unspecified atom stereocenters. The summed E-state index contributed by atoms with van der Waals surface area (Å²) >= 11 is 0. The van der Waals surface area contributed by atoms with E-state index in [0.717, 1.165) is 18.2 Å². The van der Waals surface area contributed by atoms with Crippen molar-refractivity contribution in [3.63, 3.8) is 0 Å². The number of benzene rings is 1. The predicted octanol–water partition coefficient (Wildman–Crippen LogP) is 1.59. The highest BCUT2D eigenvalue weighted by molar-refractivity contribution is 5.37. The molecule has 16 heavy (non-hydrogen) atoms. The van der Waals surface area contributed by atoms with Crippen LogP contribution in [-0.2, 0) is 6.54 Å². The first-order valence-corrected chi connectivity index (χ1v) is 5.77. The van der Waals surface area contributed by atoms with Crippen LogP contribution < -0.4 is 5.73 Å². The molecule has 1 saturated carbocycles. The third-order valence-electron chi connectivity index (χ3n) is 2.86. The SMILES string of the molecule is CN(Cc1cccc(C#CCN)c1)C1CC1. The Balaban J connectivity index is 2.03. The summed E-state index contributed by atoms with van der Waals surface area (Å²) in [6.07, 6.45) is 2.70. The number of hydrogen-bond acceptors (Lipinski definition) is 2. The minimum atomic E-state index is 0.423. The molecule has 1 aromatic rings. The van der Waals surface area contributed by atoms with E-state index < -0.39 is 0 Å². The van der Waals surface area contributed by atoms with Crippen molar-refractivity contribution in [2.45, 2.75) is 25.4 Å². The molecule has 0 aliphatic heterocycles. The summed E-state index contributed by atoms with van der Waals surface area (Å²) in [4.78, 5) is 2.41. The second kappa shape index (κ2) is 5.16. The van der Waals surface area contributed by atoms with Crippen LogP contribution in [0.1, 0.15) is 24.0 Å². The summed E-state index contributed by atoms with van der Waals surface area (Å²) in [5.41, 5.74) is 7.76. The zero-order valence-corrected chi connectivity index (χ0v) is 9.74. The van der Waals surface area contributed by atoms with Crippen molar-refractivity contribution in [3.8, 4) is 11.8 Å². The monoisotopic (exact) mass is 214 g/mol. The van der Waals surface area contributed by atoms with E-state index in [1.54, 1.807) is 0 Å². The van der Waals surface area contributed by atoms with Gasteiger partial charge in [0.1, 0.15) is 0 Å².